The van der Waals surface area contributed by atoms with Crippen molar-refractivity contribution in [2.75, 3.05) is 0 Å². The molecular weight excluding hydrogens is 439 g/mol. The Balaban J connectivity index is 1.85. The number of halogens is 3. The number of aromatic nitrogens is 1. The van der Waals surface area contributed by atoms with Crippen molar-refractivity contribution < 1.29 is 22.8 Å². The normalized spacial score (nSPS) is 13.1. The Morgan fingerprint density at radius 1 is 1.09 bits per heavy atom. The highest BCUT2D eigenvalue weighted by atomic mass is 32.1. The summed E-state index contributed by atoms with van der Waals surface area (Å²) in [5.74, 6) is -1.07. The number of hydrogen-bond donors (Lipinski definition) is 1. The van der Waals surface area contributed by atoms with Gasteiger partial charge in [0.25, 0.3) is 5.91 Å². The number of nitrogens with zero attached hydrogens (tertiary/aromatic N) is 2. The Kier molecular flexibility index (Phi) is 6.98. The SMILES string of the molecule is Cc1sc(=NC(=O)c2cccc(C(F)(F)F)c2)n(CC(=O)N[C@@H](C)c2ccccc2)c1C. The molecule has 0 aliphatic rings. The zero-order valence-electron chi connectivity index (χ0n) is 17.7. The molecule has 0 aliphatic heterocycles. The van der Waals surface area contributed by atoms with Gasteiger partial charge in [0.15, 0.2) is 4.80 Å². The maximum absolute atomic E-state index is 13.0. The van der Waals surface area contributed by atoms with E-state index in [0.29, 0.717) is 0 Å². The molecule has 0 bridgehead atoms. The highest BCUT2D eigenvalue weighted by Crippen LogP contribution is 2.29. The van der Waals surface area contributed by atoms with Gasteiger partial charge in [-0.3, -0.25) is 9.59 Å². The third kappa shape index (κ3) is 5.53. The summed E-state index contributed by atoms with van der Waals surface area (Å²) in [6, 6.07) is 13.4. The number of alkyl halides is 3. The summed E-state index contributed by atoms with van der Waals surface area (Å²) in [6.45, 7) is 5.43. The molecule has 9 heteroatoms. The van der Waals surface area contributed by atoms with E-state index in [1.807, 2.05) is 44.2 Å². The molecular formula is C23H22F3N3O2S. The van der Waals surface area contributed by atoms with Crippen LogP contribution in [-0.2, 0) is 17.5 Å². The molecule has 1 aromatic heterocycles. The lowest BCUT2D eigenvalue weighted by Crippen LogP contribution is -2.33. The fourth-order valence-corrected chi connectivity index (χ4v) is 4.08. The van der Waals surface area contributed by atoms with E-state index in [9.17, 15) is 22.8 Å². The Morgan fingerprint density at radius 2 is 1.78 bits per heavy atom. The second kappa shape index (κ2) is 9.52. The van der Waals surface area contributed by atoms with Gasteiger partial charge in [-0.25, -0.2) is 0 Å². The fraction of sp³-hybridized carbons (Fsp3) is 0.261. The van der Waals surface area contributed by atoms with Crippen molar-refractivity contribution in [2.24, 2.45) is 4.99 Å². The number of thiazole rings is 1. The van der Waals surface area contributed by atoms with Crippen molar-refractivity contribution in [1.29, 1.82) is 0 Å². The van der Waals surface area contributed by atoms with Crippen LogP contribution in [0.25, 0.3) is 0 Å². The second-order valence-electron chi connectivity index (χ2n) is 7.31. The third-order valence-corrected chi connectivity index (χ3v) is 6.10. The predicted molar refractivity (Wildman–Crippen MR) is 116 cm³/mol. The highest BCUT2D eigenvalue weighted by Gasteiger charge is 2.30. The zero-order chi connectivity index (χ0) is 23.5. The highest BCUT2D eigenvalue weighted by molar-refractivity contribution is 7.09. The summed E-state index contributed by atoms with van der Waals surface area (Å²) in [5.41, 5.74) is 0.623. The van der Waals surface area contributed by atoms with Gasteiger partial charge in [-0.05, 0) is 44.5 Å². The van der Waals surface area contributed by atoms with Crippen LogP contribution in [0.15, 0.2) is 59.6 Å². The van der Waals surface area contributed by atoms with Gasteiger partial charge in [0.2, 0.25) is 5.91 Å². The maximum atomic E-state index is 13.0. The Morgan fingerprint density at radius 3 is 2.44 bits per heavy atom. The Hall–Kier alpha value is -3.20. The molecule has 0 aliphatic carbocycles. The van der Waals surface area contributed by atoms with E-state index in [1.54, 1.807) is 11.5 Å². The van der Waals surface area contributed by atoms with Gasteiger partial charge < -0.3 is 9.88 Å². The Labute approximate surface area is 187 Å². The molecule has 0 fully saturated rings. The third-order valence-electron chi connectivity index (χ3n) is 5.00. The largest absolute Gasteiger partial charge is 0.416 e. The minimum Gasteiger partial charge on any atom is -0.348 e. The summed E-state index contributed by atoms with van der Waals surface area (Å²) >= 11 is 1.20. The van der Waals surface area contributed by atoms with Gasteiger partial charge >= 0.3 is 6.18 Å². The summed E-state index contributed by atoms with van der Waals surface area (Å²) in [4.78, 5) is 30.3. The molecule has 32 heavy (non-hydrogen) atoms. The van der Waals surface area contributed by atoms with Crippen LogP contribution in [0.2, 0.25) is 0 Å². The summed E-state index contributed by atoms with van der Waals surface area (Å²) in [7, 11) is 0. The molecule has 0 saturated heterocycles. The lowest BCUT2D eigenvalue weighted by Gasteiger charge is -2.15. The number of rotatable bonds is 5. The van der Waals surface area contributed by atoms with E-state index < -0.39 is 17.6 Å². The van der Waals surface area contributed by atoms with E-state index in [2.05, 4.69) is 10.3 Å². The molecule has 0 unspecified atom stereocenters. The molecule has 0 spiro atoms. The Bertz CT molecular complexity index is 1200. The van der Waals surface area contributed by atoms with Crippen LogP contribution in [0.1, 0.15) is 45.0 Å². The van der Waals surface area contributed by atoms with Gasteiger partial charge in [0.1, 0.15) is 6.54 Å². The minimum atomic E-state index is -4.56. The van der Waals surface area contributed by atoms with E-state index in [-0.39, 0.29) is 28.9 Å². The second-order valence-corrected chi connectivity index (χ2v) is 8.49. The molecule has 0 radical (unpaired) electrons. The minimum absolute atomic E-state index is 0.0674. The molecule has 1 heterocycles. The number of carbonyl (C=O) groups is 2. The van der Waals surface area contributed by atoms with Crippen molar-refractivity contribution in [3.8, 4) is 0 Å². The smallest absolute Gasteiger partial charge is 0.348 e. The molecule has 1 atom stereocenters. The number of amides is 2. The first-order chi connectivity index (χ1) is 15.1. The van der Waals surface area contributed by atoms with Gasteiger partial charge in [0, 0.05) is 16.1 Å². The monoisotopic (exact) mass is 461 g/mol. The first-order valence-electron chi connectivity index (χ1n) is 9.83. The first kappa shape index (κ1) is 23.5. The summed E-state index contributed by atoms with van der Waals surface area (Å²) < 4.78 is 40.5. The van der Waals surface area contributed by atoms with Crippen LogP contribution in [0, 0.1) is 13.8 Å². The van der Waals surface area contributed by atoms with Crippen molar-refractivity contribution in [3.63, 3.8) is 0 Å². The lowest BCUT2D eigenvalue weighted by atomic mass is 10.1. The number of carbonyl (C=O) groups excluding carboxylic acids is 2. The molecule has 168 valence electrons. The maximum Gasteiger partial charge on any atom is 0.416 e. The van der Waals surface area contributed by atoms with Crippen molar-refractivity contribution >= 4 is 23.2 Å². The quantitative estimate of drug-likeness (QED) is 0.593. The average molecular weight is 462 g/mol. The van der Waals surface area contributed by atoms with Gasteiger partial charge in [-0.1, -0.05) is 36.4 Å². The topological polar surface area (TPSA) is 63.5 Å². The van der Waals surface area contributed by atoms with Gasteiger partial charge in [-0.2, -0.15) is 18.2 Å². The molecule has 3 rings (SSSR count). The van der Waals surface area contributed by atoms with Crippen molar-refractivity contribution in [2.45, 2.75) is 39.5 Å². The summed E-state index contributed by atoms with van der Waals surface area (Å²) in [6.07, 6.45) is -4.56. The van der Waals surface area contributed by atoms with E-state index in [0.717, 1.165) is 28.3 Å². The first-order valence-corrected chi connectivity index (χ1v) is 10.7. The van der Waals surface area contributed by atoms with Crippen LogP contribution in [0.5, 0.6) is 0 Å². The van der Waals surface area contributed by atoms with E-state index in [1.165, 1.54) is 23.5 Å². The van der Waals surface area contributed by atoms with Crippen LogP contribution in [-0.4, -0.2) is 16.4 Å². The van der Waals surface area contributed by atoms with Crippen LogP contribution in [0.4, 0.5) is 13.2 Å². The number of nitrogens with one attached hydrogen (secondary N) is 1. The fourth-order valence-electron chi connectivity index (χ4n) is 3.10. The molecule has 1 N–H and O–H groups in total. The number of benzene rings is 2. The zero-order valence-corrected chi connectivity index (χ0v) is 18.6. The lowest BCUT2D eigenvalue weighted by molar-refractivity contribution is -0.137. The van der Waals surface area contributed by atoms with Crippen molar-refractivity contribution in [1.82, 2.24) is 9.88 Å². The molecule has 2 amide bonds. The standard InChI is InChI=1S/C23H22F3N3O2S/c1-14(17-8-5-4-6-9-17)27-20(30)13-29-15(2)16(3)32-22(29)28-21(31)18-10-7-11-19(12-18)23(24,25)26/h4-12,14H,13H2,1-3H3,(H,27,30)/t14-/m0/s1. The molecule has 5 nitrogen and oxygen atoms in total. The van der Waals surface area contributed by atoms with Gasteiger partial charge in [0.05, 0.1) is 11.6 Å². The van der Waals surface area contributed by atoms with Crippen molar-refractivity contribution in [3.05, 3.63) is 86.7 Å². The number of aryl methyl sites for hydroxylation is 1. The van der Waals surface area contributed by atoms with Crippen LogP contribution >= 0.6 is 11.3 Å². The molecule has 0 saturated carbocycles. The number of hydrogen-bond acceptors (Lipinski definition) is 3. The predicted octanol–water partition coefficient (Wildman–Crippen LogP) is 4.80. The van der Waals surface area contributed by atoms with Crippen LogP contribution < -0.4 is 10.1 Å². The van der Waals surface area contributed by atoms with Crippen LogP contribution in [0.3, 0.4) is 0 Å². The van der Waals surface area contributed by atoms with E-state index in [4.69, 9.17) is 0 Å². The van der Waals surface area contributed by atoms with E-state index >= 15 is 0 Å². The average Bonchev–Trinajstić information content (AvgIpc) is 3.01. The summed E-state index contributed by atoms with van der Waals surface area (Å²) in [5, 5.41) is 2.91. The molecule has 3 aromatic rings. The molecule has 2 aromatic carbocycles. The van der Waals surface area contributed by atoms with Gasteiger partial charge in [-0.15, -0.1) is 11.3 Å².